The lowest BCUT2D eigenvalue weighted by Crippen LogP contribution is -2.19. The van der Waals surface area contributed by atoms with Crippen LogP contribution in [0.1, 0.15) is 12.5 Å². The van der Waals surface area contributed by atoms with Crippen LogP contribution < -0.4 is 16.0 Å². The largest absolute Gasteiger partial charge is 0.323 e. The summed E-state index contributed by atoms with van der Waals surface area (Å²) in [6, 6.07) is 12.9. The van der Waals surface area contributed by atoms with Crippen molar-refractivity contribution in [1.82, 2.24) is 5.32 Å². The SMILES string of the molecule is CCNCc1ccc(NC(=O)Nc2cccc(F)c2)cc1. The number of hydrogen-bond acceptors (Lipinski definition) is 2. The third kappa shape index (κ3) is 4.89. The zero-order valence-electron chi connectivity index (χ0n) is 11.8. The molecule has 0 aliphatic heterocycles. The number of carbonyl (C=O) groups is 1. The number of hydrogen-bond donors (Lipinski definition) is 3. The summed E-state index contributed by atoms with van der Waals surface area (Å²) in [5.41, 5.74) is 2.24. The molecule has 0 fully saturated rings. The van der Waals surface area contributed by atoms with E-state index in [9.17, 15) is 9.18 Å². The molecular formula is C16H18FN3O. The van der Waals surface area contributed by atoms with Crippen LogP contribution in [0.25, 0.3) is 0 Å². The van der Waals surface area contributed by atoms with Crippen LogP contribution in [0.3, 0.4) is 0 Å². The topological polar surface area (TPSA) is 53.2 Å². The van der Waals surface area contributed by atoms with Gasteiger partial charge in [-0.2, -0.15) is 0 Å². The molecule has 0 heterocycles. The van der Waals surface area contributed by atoms with Gasteiger partial charge in [-0.25, -0.2) is 9.18 Å². The third-order valence-corrected chi connectivity index (χ3v) is 2.87. The van der Waals surface area contributed by atoms with E-state index >= 15 is 0 Å². The normalized spacial score (nSPS) is 10.2. The smallest absolute Gasteiger partial charge is 0.313 e. The number of benzene rings is 2. The van der Waals surface area contributed by atoms with Gasteiger partial charge in [0, 0.05) is 17.9 Å². The van der Waals surface area contributed by atoms with E-state index in [0.29, 0.717) is 11.4 Å². The minimum Gasteiger partial charge on any atom is -0.313 e. The summed E-state index contributed by atoms with van der Waals surface area (Å²) in [4.78, 5) is 11.8. The number of halogens is 1. The quantitative estimate of drug-likeness (QED) is 0.787. The molecule has 0 unspecified atom stereocenters. The van der Waals surface area contributed by atoms with Crippen LogP contribution in [0.2, 0.25) is 0 Å². The summed E-state index contributed by atoms with van der Waals surface area (Å²) in [6.07, 6.45) is 0. The van der Waals surface area contributed by atoms with E-state index in [1.807, 2.05) is 31.2 Å². The van der Waals surface area contributed by atoms with Gasteiger partial charge >= 0.3 is 6.03 Å². The highest BCUT2D eigenvalue weighted by molar-refractivity contribution is 5.99. The number of nitrogens with one attached hydrogen (secondary N) is 3. The number of anilines is 2. The van der Waals surface area contributed by atoms with Gasteiger partial charge in [0.25, 0.3) is 0 Å². The molecule has 2 rings (SSSR count). The Kier molecular flexibility index (Phi) is 5.29. The lowest BCUT2D eigenvalue weighted by atomic mass is 10.2. The van der Waals surface area contributed by atoms with E-state index in [1.165, 1.54) is 12.1 Å². The summed E-state index contributed by atoms with van der Waals surface area (Å²) in [5, 5.41) is 8.51. The van der Waals surface area contributed by atoms with Crippen molar-refractivity contribution in [2.75, 3.05) is 17.2 Å². The second kappa shape index (κ2) is 7.40. The van der Waals surface area contributed by atoms with E-state index < -0.39 is 6.03 Å². The Morgan fingerprint density at radius 3 is 2.43 bits per heavy atom. The van der Waals surface area contributed by atoms with Crippen LogP contribution in [-0.2, 0) is 6.54 Å². The van der Waals surface area contributed by atoms with Gasteiger partial charge in [-0.15, -0.1) is 0 Å². The van der Waals surface area contributed by atoms with Gasteiger partial charge in [0.15, 0.2) is 0 Å². The predicted molar refractivity (Wildman–Crippen MR) is 82.9 cm³/mol. The van der Waals surface area contributed by atoms with Crippen LogP contribution in [0.15, 0.2) is 48.5 Å². The Balaban J connectivity index is 1.90. The molecule has 21 heavy (non-hydrogen) atoms. The number of amides is 2. The summed E-state index contributed by atoms with van der Waals surface area (Å²) in [5.74, 6) is -0.388. The highest BCUT2D eigenvalue weighted by Crippen LogP contribution is 2.12. The Labute approximate surface area is 123 Å². The van der Waals surface area contributed by atoms with Crippen molar-refractivity contribution in [2.45, 2.75) is 13.5 Å². The van der Waals surface area contributed by atoms with Gasteiger partial charge in [-0.1, -0.05) is 25.1 Å². The molecule has 110 valence electrons. The van der Waals surface area contributed by atoms with Crippen molar-refractivity contribution in [2.24, 2.45) is 0 Å². The first-order valence-corrected chi connectivity index (χ1v) is 6.80. The van der Waals surface area contributed by atoms with E-state index in [0.717, 1.165) is 18.7 Å². The van der Waals surface area contributed by atoms with Crippen molar-refractivity contribution >= 4 is 17.4 Å². The lowest BCUT2D eigenvalue weighted by molar-refractivity contribution is 0.262. The van der Waals surface area contributed by atoms with E-state index in [4.69, 9.17) is 0 Å². The molecule has 4 nitrogen and oxygen atoms in total. The van der Waals surface area contributed by atoms with Gasteiger partial charge in [0.1, 0.15) is 5.82 Å². The second-order valence-electron chi connectivity index (χ2n) is 4.57. The molecule has 0 radical (unpaired) electrons. The van der Waals surface area contributed by atoms with Gasteiger partial charge in [-0.3, -0.25) is 0 Å². The van der Waals surface area contributed by atoms with Crippen LogP contribution in [0.4, 0.5) is 20.6 Å². The Hall–Kier alpha value is -2.40. The molecule has 5 heteroatoms. The molecule has 0 spiro atoms. The van der Waals surface area contributed by atoms with Crippen LogP contribution in [0, 0.1) is 5.82 Å². The highest BCUT2D eigenvalue weighted by Gasteiger charge is 2.03. The molecule has 0 saturated heterocycles. The van der Waals surface area contributed by atoms with Crippen molar-refractivity contribution < 1.29 is 9.18 Å². The first-order valence-electron chi connectivity index (χ1n) is 6.80. The summed E-state index contributed by atoms with van der Waals surface area (Å²) >= 11 is 0. The fourth-order valence-electron chi connectivity index (χ4n) is 1.83. The average Bonchev–Trinajstić information content (AvgIpc) is 2.46. The summed E-state index contributed by atoms with van der Waals surface area (Å²) in [7, 11) is 0. The molecule has 2 amide bonds. The standard InChI is InChI=1S/C16H18FN3O/c1-2-18-11-12-6-8-14(9-7-12)19-16(21)20-15-5-3-4-13(17)10-15/h3-10,18H,2,11H2,1H3,(H2,19,20,21). The average molecular weight is 287 g/mol. The van der Waals surface area contributed by atoms with E-state index in [1.54, 1.807) is 12.1 Å². The maximum absolute atomic E-state index is 13.0. The Bertz CT molecular complexity index is 599. The van der Waals surface area contributed by atoms with Crippen molar-refractivity contribution in [1.29, 1.82) is 0 Å². The maximum Gasteiger partial charge on any atom is 0.323 e. The molecule has 0 aliphatic rings. The summed E-state index contributed by atoms with van der Waals surface area (Å²) in [6.45, 7) is 3.76. The van der Waals surface area contributed by atoms with Gasteiger partial charge < -0.3 is 16.0 Å². The van der Waals surface area contributed by atoms with Gasteiger partial charge in [-0.05, 0) is 42.4 Å². The molecule has 0 aromatic heterocycles. The van der Waals surface area contributed by atoms with Crippen molar-refractivity contribution in [3.05, 3.63) is 59.9 Å². The zero-order valence-corrected chi connectivity index (χ0v) is 11.8. The van der Waals surface area contributed by atoms with E-state index in [-0.39, 0.29) is 5.82 Å². The molecule has 2 aromatic carbocycles. The monoisotopic (exact) mass is 287 g/mol. The fraction of sp³-hybridized carbons (Fsp3) is 0.188. The van der Waals surface area contributed by atoms with Gasteiger partial charge in [0.2, 0.25) is 0 Å². The minimum atomic E-state index is -0.403. The lowest BCUT2D eigenvalue weighted by Gasteiger charge is -2.08. The molecular weight excluding hydrogens is 269 g/mol. The first kappa shape index (κ1) is 15.0. The van der Waals surface area contributed by atoms with Crippen LogP contribution in [0.5, 0.6) is 0 Å². The second-order valence-corrected chi connectivity index (χ2v) is 4.57. The highest BCUT2D eigenvalue weighted by atomic mass is 19.1. The maximum atomic E-state index is 13.0. The third-order valence-electron chi connectivity index (χ3n) is 2.87. The molecule has 0 atom stereocenters. The predicted octanol–water partition coefficient (Wildman–Crippen LogP) is 3.58. The van der Waals surface area contributed by atoms with Crippen molar-refractivity contribution in [3.8, 4) is 0 Å². The molecule has 3 N–H and O–H groups in total. The fourth-order valence-corrected chi connectivity index (χ4v) is 1.83. The van der Waals surface area contributed by atoms with Gasteiger partial charge in [0.05, 0.1) is 0 Å². The van der Waals surface area contributed by atoms with Crippen molar-refractivity contribution in [3.63, 3.8) is 0 Å². The Morgan fingerprint density at radius 2 is 1.76 bits per heavy atom. The number of rotatable bonds is 5. The first-order chi connectivity index (χ1) is 10.2. The molecule has 0 aliphatic carbocycles. The Morgan fingerprint density at radius 1 is 1.05 bits per heavy atom. The van der Waals surface area contributed by atoms with E-state index in [2.05, 4.69) is 16.0 Å². The van der Waals surface area contributed by atoms with Crippen LogP contribution in [-0.4, -0.2) is 12.6 Å². The minimum absolute atomic E-state index is 0.388. The zero-order chi connectivity index (χ0) is 15.1. The van der Waals surface area contributed by atoms with Crippen LogP contribution >= 0.6 is 0 Å². The summed E-state index contributed by atoms with van der Waals surface area (Å²) < 4.78 is 13.0. The number of urea groups is 1. The molecule has 0 saturated carbocycles. The molecule has 2 aromatic rings. The number of carbonyl (C=O) groups excluding carboxylic acids is 1. The molecule has 0 bridgehead atoms.